The predicted molar refractivity (Wildman–Crippen MR) is 81.3 cm³/mol. The van der Waals surface area contributed by atoms with Gasteiger partial charge < -0.3 is 10.1 Å². The lowest BCUT2D eigenvalue weighted by Gasteiger charge is -2.32. The van der Waals surface area contributed by atoms with E-state index in [4.69, 9.17) is 16.3 Å². The van der Waals surface area contributed by atoms with E-state index in [-0.39, 0.29) is 24.5 Å². The molecule has 1 heterocycles. The summed E-state index contributed by atoms with van der Waals surface area (Å²) in [6.45, 7) is 0.898. The lowest BCUT2D eigenvalue weighted by Crippen LogP contribution is -2.48. The van der Waals surface area contributed by atoms with E-state index in [0.717, 1.165) is 25.8 Å². The van der Waals surface area contributed by atoms with Gasteiger partial charge in [-0.05, 0) is 37.6 Å². The number of esters is 1. The number of amides is 1. The normalized spacial score (nSPS) is 19.0. The Morgan fingerprint density at radius 1 is 1.43 bits per heavy atom. The molecule has 6 heteroatoms. The topological polar surface area (TPSA) is 58.6 Å². The number of carbonyl (C=O) groups excluding carboxylic acids is 2. The maximum absolute atomic E-state index is 12.1. The summed E-state index contributed by atoms with van der Waals surface area (Å²) in [5, 5.41) is 3.36. The number of hydrogen-bond donors (Lipinski definition) is 1. The first-order chi connectivity index (χ1) is 10.1. The monoisotopic (exact) mass is 310 g/mol. The zero-order valence-corrected chi connectivity index (χ0v) is 12.7. The fraction of sp³-hybridized carbons (Fsp3) is 0.467. The van der Waals surface area contributed by atoms with Crippen molar-refractivity contribution >= 4 is 29.2 Å². The van der Waals surface area contributed by atoms with Crippen molar-refractivity contribution in [2.75, 3.05) is 25.5 Å². The molecule has 0 saturated carbocycles. The molecular weight excluding hydrogens is 292 g/mol. The number of anilines is 1. The highest BCUT2D eigenvalue weighted by molar-refractivity contribution is 6.30. The van der Waals surface area contributed by atoms with Gasteiger partial charge in [0.2, 0.25) is 5.91 Å². The third kappa shape index (κ3) is 4.44. The van der Waals surface area contributed by atoms with Crippen molar-refractivity contribution in [2.24, 2.45) is 0 Å². The molecule has 1 unspecified atom stereocenters. The minimum Gasteiger partial charge on any atom is -0.468 e. The van der Waals surface area contributed by atoms with Crippen LogP contribution in [0.15, 0.2) is 24.3 Å². The van der Waals surface area contributed by atoms with Gasteiger partial charge in [-0.1, -0.05) is 24.1 Å². The molecule has 0 aliphatic carbocycles. The summed E-state index contributed by atoms with van der Waals surface area (Å²) in [7, 11) is 1.38. The molecule has 114 valence electrons. The number of piperidine rings is 1. The van der Waals surface area contributed by atoms with Crippen molar-refractivity contribution in [3.63, 3.8) is 0 Å². The first-order valence-electron chi connectivity index (χ1n) is 6.97. The number of carbonyl (C=O) groups is 2. The Labute approximate surface area is 129 Å². The van der Waals surface area contributed by atoms with Crippen LogP contribution in [0.3, 0.4) is 0 Å². The summed E-state index contributed by atoms with van der Waals surface area (Å²) in [6, 6.07) is 6.66. The van der Waals surface area contributed by atoms with Crippen LogP contribution >= 0.6 is 11.6 Å². The Balaban J connectivity index is 1.95. The van der Waals surface area contributed by atoms with Gasteiger partial charge in [0.1, 0.15) is 6.04 Å². The summed E-state index contributed by atoms with van der Waals surface area (Å²) in [5.41, 5.74) is 0.652. The molecule has 0 aromatic heterocycles. The third-order valence-electron chi connectivity index (χ3n) is 3.54. The zero-order chi connectivity index (χ0) is 15.2. The summed E-state index contributed by atoms with van der Waals surface area (Å²) >= 11 is 5.88. The quantitative estimate of drug-likeness (QED) is 0.867. The highest BCUT2D eigenvalue weighted by Gasteiger charge is 2.30. The average molecular weight is 311 g/mol. The number of ether oxygens (including phenoxy) is 1. The van der Waals surface area contributed by atoms with Gasteiger partial charge in [0.25, 0.3) is 0 Å². The van der Waals surface area contributed by atoms with Crippen LogP contribution in [0.5, 0.6) is 0 Å². The van der Waals surface area contributed by atoms with E-state index in [9.17, 15) is 9.59 Å². The van der Waals surface area contributed by atoms with Crippen molar-refractivity contribution < 1.29 is 14.3 Å². The molecule has 2 rings (SSSR count). The molecule has 5 nitrogen and oxygen atoms in total. The largest absolute Gasteiger partial charge is 0.468 e. The van der Waals surface area contributed by atoms with Crippen LogP contribution in [-0.4, -0.2) is 43.0 Å². The fourth-order valence-electron chi connectivity index (χ4n) is 2.53. The van der Waals surface area contributed by atoms with Crippen LogP contribution in [0.4, 0.5) is 5.69 Å². The molecule has 1 amide bonds. The molecule has 0 bridgehead atoms. The second-order valence-corrected chi connectivity index (χ2v) is 5.50. The fourth-order valence-corrected chi connectivity index (χ4v) is 2.72. The number of benzene rings is 1. The van der Waals surface area contributed by atoms with Crippen LogP contribution < -0.4 is 5.32 Å². The molecule has 0 radical (unpaired) electrons. The van der Waals surface area contributed by atoms with Gasteiger partial charge in [-0.25, -0.2) is 0 Å². The second-order valence-electron chi connectivity index (χ2n) is 5.06. The van der Waals surface area contributed by atoms with Gasteiger partial charge in [-0.3, -0.25) is 14.5 Å². The number of likely N-dealkylation sites (tertiary alicyclic amines) is 1. The van der Waals surface area contributed by atoms with E-state index in [0.29, 0.717) is 10.7 Å². The van der Waals surface area contributed by atoms with E-state index in [1.165, 1.54) is 7.11 Å². The van der Waals surface area contributed by atoms with Gasteiger partial charge in [-0.15, -0.1) is 0 Å². The molecule has 1 aliphatic rings. The smallest absolute Gasteiger partial charge is 0.323 e. The summed E-state index contributed by atoms with van der Waals surface area (Å²) in [4.78, 5) is 25.7. The zero-order valence-electron chi connectivity index (χ0n) is 12.0. The van der Waals surface area contributed by atoms with Gasteiger partial charge in [0.15, 0.2) is 0 Å². The Kier molecular flexibility index (Phi) is 5.59. The van der Waals surface area contributed by atoms with Gasteiger partial charge >= 0.3 is 5.97 Å². The van der Waals surface area contributed by atoms with Crippen molar-refractivity contribution in [1.82, 2.24) is 4.90 Å². The average Bonchev–Trinajstić information content (AvgIpc) is 2.47. The number of rotatable bonds is 4. The number of methoxy groups -OCH3 is 1. The predicted octanol–water partition coefficient (Wildman–Crippen LogP) is 2.31. The number of halogens is 1. The lowest BCUT2D eigenvalue weighted by molar-refractivity contribution is -0.148. The molecule has 0 spiro atoms. The van der Waals surface area contributed by atoms with Crippen LogP contribution in [-0.2, 0) is 14.3 Å². The van der Waals surface area contributed by atoms with Crippen molar-refractivity contribution in [3.05, 3.63) is 29.3 Å². The van der Waals surface area contributed by atoms with E-state index >= 15 is 0 Å². The number of nitrogens with one attached hydrogen (secondary N) is 1. The van der Waals surface area contributed by atoms with Crippen molar-refractivity contribution in [2.45, 2.75) is 25.3 Å². The molecule has 1 saturated heterocycles. The Bertz CT molecular complexity index is 521. The summed E-state index contributed by atoms with van der Waals surface area (Å²) in [5.74, 6) is -0.432. The molecule has 1 aliphatic heterocycles. The van der Waals surface area contributed by atoms with E-state index < -0.39 is 0 Å². The molecule has 1 N–H and O–H groups in total. The molecule has 1 aromatic rings. The number of nitrogens with zero attached hydrogens (tertiary/aromatic N) is 1. The maximum Gasteiger partial charge on any atom is 0.323 e. The van der Waals surface area contributed by atoms with Crippen LogP contribution in [0.2, 0.25) is 5.02 Å². The minimum atomic E-state index is -0.325. The number of hydrogen-bond acceptors (Lipinski definition) is 4. The SMILES string of the molecule is COC(=O)C1CCCCN1CC(=O)Nc1cccc(Cl)c1. The standard InChI is InChI=1S/C15H19ClN2O3/c1-21-15(20)13-7-2-3-8-18(13)10-14(19)17-12-6-4-5-11(16)9-12/h4-6,9,13H,2-3,7-8,10H2,1H3,(H,17,19). The van der Waals surface area contributed by atoms with Crippen molar-refractivity contribution in [3.8, 4) is 0 Å². The molecule has 1 fully saturated rings. The Morgan fingerprint density at radius 3 is 2.95 bits per heavy atom. The first-order valence-corrected chi connectivity index (χ1v) is 7.35. The molecule has 1 atom stereocenters. The highest BCUT2D eigenvalue weighted by Crippen LogP contribution is 2.19. The molecular formula is C15H19ClN2O3. The summed E-state index contributed by atoms with van der Waals surface area (Å²) in [6.07, 6.45) is 2.70. The minimum absolute atomic E-state index is 0.159. The van der Waals surface area contributed by atoms with E-state index in [2.05, 4.69) is 5.32 Å². The van der Waals surface area contributed by atoms with Gasteiger partial charge in [0, 0.05) is 10.7 Å². The van der Waals surface area contributed by atoms with Crippen LogP contribution in [0.25, 0.3) is 0 Å². The van der Waals surface area contributed by atoms with Gasteiger partial charge in [0.05, 0.1) is 13.7 Å². The third-order valence-corrected chi connectivity index (χ3v) is 3.78. The van der Waals surface area contributed by atoms with E-state index in [1.807, 2.05) is 4.90 Å². The van der Waals surface area contributed by atoms with Crippen LogP contribution in [0.1, 0.15) is 19.3 Å². The summed E-state index contributed by atoms with van der Waals surface area (Å²) < 4.78 is 4.81. The van der Waals surface area contributed by atoms with E-state index in [1.54, 1.807) is 24.3 Å². The molecule has 1 aromatic carbocycles. The van der Waals surface area contributed by atoms with Crippen molar-refractivity contribution in [1.29, 1.82) is 0 Å². The maximum atomic E-state index is 12.1. The first kappa shape index (κ1) is 15.8. The highest BCUT2D eigenvalue weighted by atomic mass is 35.5. The Morgan fingerprint density at radius 2 is 2.24 bits per heavy atom. The van der Waals surface area contributed by atoms with Crippen LogP contribution in [0, 0.1) is 0 Å². The second kappa shape index (κ2) is 7.43. The Hall–Kier alpha value is -1.59. The molecule has 21 heavy (non-hydrogen) atoms. The lowest BCUT2D eigenvalue weighted by atomic mass is 10.0. The van der Waals surface area contributed by atoms with Gasteiger partial charge in [-0.2, -0.15) is 0 Å².